The number of halogens is 2. The van der Waals surface area contributed by atoms with Crippen molar-refractivity contribution in [2.75, 3.05) is 13.2 Å². The summed E-state index contributed by atoms with van der Waals surface area (Å²) in [5.41, 5.74) is 4.40. The minimum absolute atomic E-state index is 0.0864. The molecule has 3 N–H and O–H groups in total. The summed E-state index contributed by atoms with van der Waals surface area (Å²) in [6.45, 7) is -1.15. The highest BCUT2D eigenvalue weighted by molar-refractivity contribution is 5.83. The Morgan fingerprint density at radius 2 is 1.61 bits per heavy atom. The Morgan fingerprint density at radius 1 is 1.00 bits per heavy atom. The second kappa shape index (κ2) is 9.01. The zero-order chi connectivity index (χ0) is 23.6. The average Bonchev–Trinajstić information content (AvgIpc) is 3.39. The minimum atomic E-state index is -4.04. The molecular formula is C24H22F2N2O5. The largest absolute Gasteiger partial charge is 0.477 e. The number of amides is 2. The maximum absolute atomic E-state index is 13.1. The lowest BCUT2D eigenvalue weighted by molar-refractivity contribution is -0.164. The van der Waals surface area contributed by atoms with Crippen molar-refractivity contribution in [2.24, 2.45) is 5.92 Å². The van der Waals surface area contributed by atoms with Crippen molar-refractivity contribution < 1.29 is 33.0 Å². The Morgan fingerprint density at radius 3 is 2.21 bits per heavy atom. The Bertz CT molecular complexity index is 1070. The van der Waals surface area contributed by atoms with E-state index in [4.69, 9.17) is 9.84 Å². The number of rotatable bonds is 7. The molecule has 2 aromatic carbocycles. The number of hydrogen-bond donors (Lipinski definition) is 3. The van der Waals surface area contributed by atoms with E-state index >= 15 is 0 Å². The Labute approximate surface area is 188 Å². The lowest BCUT2D eigenvalue weighted by Crippen LogP contribution is -2.44. The maximum atomic E-state index is 13.1. The van der Waals surface area contributed by atoms with Crippen LogP contribution in [0.3, 0.4) is 0 Å². The van der Waals surface area contributed by atoms with E-state index in [2.05, 4.69) is 5.32 Å². The van der Waals surface area contributed by atoms with Crippen molar-refractivity contribution in [1.82, 2.24) is 10.6 Å². The van der Waals surface area contributed by atoms with E-state index < -0.39 is 42.4 Å². The minimum Gasteiger partial charge on any atom is -0.477 e. The summed E-state index contributed by atoms with van der Waals surface area (Å²) in [6.07, 6.45) is 2.59. The third-order valence-electron chi connectivity index (χ3n) is 5.86. The van der Waals surface area contributed by atoms with Gasteiger partial charge in [0.25, 0.3) is 0 Å². The molecule has 2 aliphatic carbocycles. The number of alkyl carbamates (subject to hydrolysis) is 1. The predicted octanol–water partition coefficient (Wildman–Crippen LogP) is 3.31. The average molecular weight is 456 g/mol. The first-order valence-corrected chi connectivity index (χ1v) is 10.4. The number of hydrogen-bond acceptors (Lipinski definition) is 4. The van der Waals surface area contributed by atoms with Crippen LogP contribution in [0.1, 0.15) is 23.5 Å². The molecule has 2 aromatic rings. The second-order valence-electron chi connectivity index (χ2n) is 8.03. The number of aliphatic carboxylic acids is 1. The topological polar surface area (TPSA) is 105 Å². The molecule has 172 valence electrons. The molecule has 7 nitrogen and oxygen atoms in total. The lowest BCUT2D eigenvalue weighted by Gasteiger charge is -2.17. The molecule has 9 heteroatoms. The van der Waals surface area contributed by atoms with E-state index in [1.807, 2.05) is 53.8 Å². The Balaban J connectivity index is 1.28. The van der Waals surface area contributed by atoms with Crippen LogP contribution >= 0.6 is 0 Å². The van der Waals surface area contributed by atoms with Crippen molar-refractivity contribution in [1.29, 1.82) is 0 Å². The molecule has 0 heterocycles. The van der Waals surface area contributed by atoms with Gasteiger partial charge in [-0.25, -0.2) is 9.59 Å². The van der Waals surface area contributed by atoms with E-state index in [-0.39, 0.29) is 18.9 Å². The summed E-state index contributed by atoms with van der Waals surface area (Å²) >= 11 is 0. The standard InChI is InChI=1S/C24H22F2N2O5/c25-24(26,22(30)31)13-27-21(29)14-9-10-15(11-14)28-23(32)33-12-20-18-7-3-1-5-16(18)17-6-2-4-8-19(17)20/h1-10,14-15,20H,11-13H2,(H,27,29)(H,28,32)(H,30,31). The van der Waals surface area contributed by atoms with Crippen LogP contribution in [0.5, 0.6) is 0 Å². The molecule has 0 bridgehead atoms. The van der Waals surface area contributed by atoms with Crippen LogP contribution in [-0.4, -0.2) is 48.2 Å². The molecule has 2 atom stereocenters. The van der Waals surface area contributed by atoms with Gasteiger partial charge in [-0.05, 0) is 28.7 Å². The first-order valence-electron chi connectivity index (χ1n) is 10.4. The first kappa shape index (κ1) is 22.4. The molecule has 4 rings (SSSR count). The fourth-order valence-corrected chi connectivity index (χ4v) is 4.20. The maximum Gasteiger partial charge on any atom is 0.407 e. The van der Waals surface area contributed by atoms with Crippen molar-refractivity contribution in [3.63, 3.8) is 0 Å². The van der Waals surface area contributed by atoms with Crippen molar-refractivity contribution in [3.05, 3.63) is 71.8 Å². The molecule has 0 saturated carbocycles. The van der Waals surface area contributed by atoms with E-state index in [1.54, 1.807) is 6.08 Å². The number of fused-ring (bicyclic) bond motifs is 3. The highest BCUT2D eigenvalue weighted by atomic mass is 19.3. The fraction of sp³-hybridized carbons (Fsp3) is 0.292. The van der Waals surface area contributed by atoms with Gasteiger partial charge in [0.2, 0.25) is 5.91 Å². The van der Waals surface area contributed by atoms with Gasteiger partial charge in [-0.3, -0.25) is 4.79 Å². The van der Waals surface area contributed by atoms with Crippen LogP contribution in [0.4, 0.5) is 13.6 Å². The lowest BCUT2D eigenvalue weighted by atomic mass is 9.98. The van der Waals surface area contributed by atoms with E-state index in [0.717, 1.165) is 22.3 Å². The van der Waals surface area contributed by atoms with Crippen molar-refractivity contribution in [3.8, 4) is 11.1 Å². The monoisotopic (exact) mass is 456 g/mol. The molecule has 0 saturated heterocycles. The second-order valence-corrected chi connectivity index (χ2v) is 8.03. The van der Waals surface area contributed by atoms with Crippen LogP contribution < -0.4 is 10.6 Å². The number of carbonyl (C=O) groups is 3. The number of benzene rings is 2. The predicted molar refractivity (Wildman–Crippen MR) is 115 cm³/mol. The van der Waals surface area contributed by atoms with Gasteiger partial charge in [0.1, 0.15) is 6.61 Å². The van der Waals surface area contributed by atoms with Crippen LogP contribution in [0.2, 0.25) is 0 Å². The van der Waals surface area contributed by atoms with Gasteiger partial charge in [-0.15, -0.1) is 0 Å². The van der Waals surface area contributed by atoms with E-state index in [0.29, 0.717) is 0 Å². The molecule has 33 heavy (non-hydrogen) atoms. The molecule has 0 aromatic heterocycles. The van der Waals surface area contributed by atoms with Crippen LogP contribution in [0.15, 0.2) is 60.7 Å². The fourth-order valence-electron chi connectivity index (χ4n) is 4.20. The van der Waals surface area contributed by atoms with Crippen LogP contribution in [-0.2, 0) is 14.3 Å². The van der Waals surface area contributed by atoms with Gasteiger partial charge < -0.3 is 20.5 Å². The Hall–Kier alpha value is -3.75. The van der Waals surface area contributed by atoms with Gasteiger partial charge in [-0.1, -0.05) is 60.7 Å². The molecule has 2 aliphatic rings. The molecule has 0 spiro atoms. The number of alkyl halides is 2. The smallest absolute Gasteiger partial charge is 0.407 e. The molecule has 0 aliphatic heterocycles. The highest BCUT2D eigenvalue weighted by Gasteiger charge is 2.40. The summed E-state index contributed by atoms with van der Waals surface area (Å²) in [7, 11) is 0. The van der Waals surface area contributed by atoms with Gasteiger partial charge in [0.05, 0.1) is 18.5 Å². The third-order valence-corrected chi connectivity index (χ3v) is 5.86. The zero-order valence-electron chi connectivity index (χ0n) is 17.5. The molecule has 2 unspecified atom stereocenters. The number of carboxylic acid groups (broad SMARTS) is 1. The van der Waals surface area contributed by atoms with Gasteiger partial charge in [0, 0.05) is 5.92 Å². The number of carboxylic acids is 1. The van der Waals surface area contributed by atoms with Gasteiger partial charge in [-0.2, -0.15) is 8.78 Å². The summed E-state index contributed by atoms with van der Waals surface area (Å²) in [4.78, 5) is 34.8. The first-order chi connectivity index (χ1) is 15.8. The van der Waals surface area contributed by atoms with Gasteiger partial charge in [0.15, 0.2) is 0 Å². The van der Waals surface area contributed by atoms with Crippen LogP contribution in [0, 0.1) is 5.92 Å². The van der Waals surface area contributed by atoms with Crippen molar-refractivity contribution in [2.45, 2.75) is 24.3 Å². The molecule has 0 fully saturated rings. The third kappa shape index (κ3) is 4.72. The van der Waals surface area contributed by atoms with E-state index in [9.17, 15) is 23.2 Å². The summed E-state index contributed by atoms with van der Waals surface area (Å²) in [6, 6.07) is 15.4. The van der Waals surface area contributed by atoms with Crippen LogP contribution in [0.25, 0.3) is 11.1 Å². The summed E-state index contributed by atoms with van der Waals surface area (Å²) in [5.74, 6) is -7.93. The SMILES string of the molecule is O=C(NC1C=CC(C(=O)NCC(F)(F)C(=O)O)C1)OCC1c2ccccc2-c2ccccc21. The summed E-state index contributed by atoms with van der Waals surface area (Å²) in [5, 5.41) is 13.0. The number of nitrogens with one attached hydrogen (secondary N) is 2. The number of ether oxygens (including phenoxy) is 1. The van der Waals surface area contributed by atoms with Gasteiger partial charge >= 0.3 is 18.0 Å². The molecule has 0 radical (unpaired) electrons. The normalized spacial score (nSPS) is 19.0. The van der Waals surface area contributed by atoms with E-state index in [1.165, 1.54) is 6.08 Å². The highest BCUT2D eigenvalue weighted by Crippen LogP contribution is 2.44. The van der Waals surface area contributed by atoms with Crippen molar-refractivity contribution >= 4 is 18.0 Å². The molecule has 2 amide bonds. The zero-order valence-corrected chi connectivity index (χ0v) is 17.5. The summed E-state index contributed by atoms with van der Waals surface area (Å²) < 4.78 is 31.7. The molecular weight excluding hydrogens is 434 g/mol. The Kier molecular flexibility index (Phi) is 6.13. The quantitative estimate of drug-likeness (QED) is 0.555. The number of carbonyl (C=O) groups excluding carboxylic acids is 2.